The number of hydrogen-bond donors (Lipinski definition) is 0. The summed E-state index contributed by atoms with van der Waals surface area (Å²) < 4.78 is 14.7. The molecule has 8 heteroatoms. The molecule has 0 amide bonds. The number of carbonyl (C=O) groups is 2. The number of benzene rings is 1. The Hall–Kier alpha value is -2.64. The van der Waals surface area contributed by atoms with E-state index in [1.807, 2.05) is 0 Å². The summed E-state index contributed by atoms with van der Waals surface area (Å²) in [6, 6.07) is 2.36. The first-order valence-corrected chi connectivity index (χ1v) is 6.53. The van der Waals surface area contributed by atoms with Crippen LogP contribution in [-0.4, -0.2) is 37.5 Å². The maximum absolute atomic E-state index is 12.1. The maximum Gasteiger partial charge on any atom is 0.306 e. The molecule has 120 valence electrons. The quantitative estimate of drug-likeness (QED) is 0.313. The zero-order valence-electron chi connectivity index (χ0n) is 12.6. The summed E-state index contributed by atoms with van der Waals surface area (Å²) in [6.45, 7) is 1.86. The molecule has 0 aliphatic carbocycles. The van der Waals surface area contributed by atoms with Crippen LogP contribution in [0, 0.1) is 10.1 Å². The van der Waals surface area contributed by atoms with Gasteiger partial charge in [-0.1, -0.05) is 0 Å². The molecule has 0 saturated heterocycles. The molecule has 0 bridgehead atoms. The summed E-state index contributed by atoms with van der Waals surface area (Å²) >= 11 is 0. The molecule has 1 aromatic rings. The van der Waals surface area contributed by atoms with Crippen molar-refractivity contribution in [1.82, 2.24) is 0 Å². The smallest absolute Gasteiger partial charge is 0.306 e. The van der Waals surface area contributed by atoms with E-state index in [-0.39, 0.29) is 36.5 Å². The highest BCUT2D eigenvalue weighted by Crippen LogP contribution is 2.35. The Morgan fingerprint density at radius 1 is 1.14 bits per heavy atom. The molecular weight excluding hydrogens is 294 g/mol. The van der Waals surface area contributed by atoms with Crippen LogP contribution in [0.3, 0.4) is 0 Å². The minimum Gasteiger partial charge on any atom is -0.493 e. The van der Waals surface area contributed by atoms with Crippen LogP contribution < -0.4 is 9.47 Å². The number of rotatable bonds is 8. The standard InChI is InChI=1S/C14H17NO7/c1-4-22-14(17)6-5-11(16)9-7-12(20-2)13(21-3)8-10(9)15(18)19/h7-8H,4-6H2,1-3H3. The van der Waals surface area contributed by atoms with Crippen LogP contribution in [0.25, 0.3) is 0 Å². The van der Waals surface area contributed by atoms with Crippen molar-refractivity contribution in [1.29, 1.82) is 0 Å². The van der Waals surface area contributed by atoms with Crippen molar-refractivity contribution in [2.45, 2.75) is 19.8 Å². The Morgan fingerprint density at radius 2 is 1.73 bits per heavy atom. The first-order valence-electron chi connectivity index (χ1n) is 6.53. The van der Waals surface area contributed by atoms with Gasteiger partial charge in [0.25, 0.3) is 5.69 Å². The highest BCUT2D eigenvalue weighted by atomic mass is 16.6. The molecule has 0 unspecified atom stereocenters. The number of ketones is 1. The minimum absolute atomic E-state index is 0.132. The van der Waals surface area contributed by atoms with E-state index >= 15 is 0 Å². The molecule has 1 rings (SSSR count). The molecule has 1 aromatic carbocycles. The summed E-state index contributed by atoms with van der Waals surface area (Å²) in [5.41, 5.74) is -0.529. The van der Waals surface area contributed by atoms with Gasteiger partial charge in [-0.2, -0.15) is 0 Å². The fourth-order valence-electron chi connectivity index (χ4n) is 1.83. The van der Waals surface area contributed by atoms with Crippen molar-refractivity contribution < 1.29 is 28.7 Å². The summed E-state index contributed by atoms with van der Waals surface area (Å²) in [5.74, 6) is -0.719. The van der Waals surface area contributed by atoms with Gasteiger partial charge in [-0.05, 0) is 6.92 Å². The van der Waals surface area contributed by atoms with Gasteiger partial charge < -0.3 is 14.2 Å². The van der Waals surface area contributed by atoms with Crippen LogP contribution in [0.2, 0.25) is 0 Å². The maximum atomic E-state index is 12.1. The highest BCUT2D eigenvalue weighted by Gasteiger charge is 2.24. The fourth-order valence-corrected chi connectivity index (χ4v) is 1.83. The van der Waals surface area contributed by atoms with Gasteiger partial charge in [0, 0.05) is 12.5 Å². The molecule has 0 aliphatic heterocycles. The molecule has 8 nitrogen and oxygen atoms in total. The lowest BCUT2D eigenvalue weighted by Gasteiger charge is -2.10. The fraction of sp³-hybridized carbons (Fsp3) is 0.429. The Kier molecular flexibility index (Phi) is 6.30. The third-order valence-electron chi connectivity index (χ3n) is 2.86. The van der Waals surface area contributed by atoms with E-state index in [2.05, 4.69) is 0 Å². The number of ether oxygens (including phenoxy) is 3. The van der Waals surface area contributed by atoms with Crippen LogP contribution in [0.5, 0.6) is 11.5 Å². The van der Waals surface area contributed by atoms with Gasteiger partial charge in [-0.3, -0.25) is 19.7 Å². The van der Waals surface area contributed by atoms with Gasteiger partial charge >= 0.3 is 5.97 Å². The zero-order valence-corrected chi connectivity index (χ0v) is 12.6. The largest absolute Gasteiger partial charge is 0.493 e. The van der Waals surface area contributed by atoms with E-state index in [1.54, 1.807) is 6.92 Å². The molecule has 22 heavy (non-hydrogen) atoms. The Balaban J connectivity index is 3.08. The number of methoxy groups -OCH3 is 2. The first-order chi connectivity index (χ1) is 10.4. The van der Waals surface area contributed by atoms with Crippen LogP contribution in [0.4, 0.5) is 5.69 Å². The molecule has 0 radical (unpaired) electrons. The van der Waals surface area contributed by atoms with Crippen LogP contribution in [0.15, 0.2) is 12.1 Å². The third-order valence-corrected chi connectivity index (χ3v) is 2.86. The predicted octanol–water partition coefficient (Wildman–Crippen LogP) is 2.14. The lowest BCUT2D eigenvalue weighted by Crippen LogP contribution is -2.10. The van der Waals surface area contributed by atoms with Gasteiger partial charge in [0.2, 0.25) is 0 Å². The van der Waals surface area contributed by atoms with E-state index in [0.29, 0.717) is 0 Å². The first kappa shape index (κ1) is 17.4. The molecule has 0 atom stereocenters. The molecular formula is C14H17NO7. The van der Waals surface area contributed by atoms with Gasteiger partial charge in [0.15, 0.2) is 17.3 Å². The van der Waals surface area contributed by atoms with E-state index in [0.717, 1.165) is 6.07 Å². The topological polar surface area (TPSA) is 105 Å². The second-order valence-corrected chi connectivity index (χ2v) is 4.21. The number of hydrogen-bond acceptors (Lipinski definition) is 7. The molecule has 0 heterocycles. The van der Waals surface area contributed by atoms with Crippen molar-refractivity contribution in [3.05, 3.63) is 27.8 Å². The lowest BCUT2D eigenvalue weighted by atomic mass is 10.0. The summed E-state index contributed by atoms with van der Waals surface area (Å²) in [7, 11) is 2.69. The monoisotopic (exact) mass is 311 g/mol. The number of Topliss-reactive ketones (excluding diaryl/α,β-unsaturated/α-hetero) is 1. The number of nitro benzene ring substituents is 1. The average Bonchev–Trinajstić information content (AvgIpc) is 2.51. The zero-order chi connectivity index (χ0) is 16.7. The molecule has 0 fully saturated rings. The van der Waals surface area contributed by atoms with Crippen LogP contribution >= 0.6 is 0 Å². The number of nitro groups is 1. The van der Waals surface area contributed by atoms with Gasteiger partial charge in [0.1, 0.15) is 0 Å². The minimum atomic E-state index is -0.681. The molecule has 0 N–H and O–H groups in total. The van der Waals surface area contributed by atoms with Gasteiger partial charge in [-0.15, -0.1) is 0 Å². The summed E-state index contributed by atoms with van der Waals surface area (Å²) in [5, 5.41) is 11.1. The van der Waals surface area contributed by atoms with Gasteiger partial charge in [0.05, 0.1) is 43.8 Å². The number of nitrogens with zero attached hydrogens (tertiary/aromatic N) is 1. The van der Waals surface area contributed by atoms with E-state index < -0.39 is 22.4 Å². The lowest BCUT2D eigenvalue weighted by molar-refractivity contribution is -0.385. The Bertz CT molecular complexity index is 583. The normalized spacial score (nSPS) is 9.95. The summed E-state index contributed by atoms with van der Waals surface area (Å²) in [6.07, 6.45) is -0.326. The highest BCUT2D eigenvalue weighted by molar-refractivity contribution is 6.01. The average molecular weight is 311 g/mol. The van der Waals surface area contributed by atoms with E-state index in [1.165, 1.54) is 20.3 Å². The Labute approximate surface area is 127 Å². The SMILES string of the molecule is CCOC(=O)CCC(=O)c1cc(OC)c(OC)cc1[N+](=O)[O-]. The Morgan fingerprint density at radius 3 is 2.23 bits per heavy atom. The van der Waals surface area contributed by atoms with Crippen molar-refractivity contribution >= 4 is 17.4 Å². The van der Waals surface area contributed by atoms with Crippen LogP contribution in [0.1, 0.15) is 30.1 Å². The van der Waals surface area contributed by atoms with E-state index in [4.69, 9.17) is 14.2 Å². The summed E-state index contributed by atoms with van der Waals surface area (Å²) in [4.78, 5) is 33.8. The van der Waals surface area contributed by atoms with Gasteiger partial charge in [-0.25, -0.2) is 0 Å². The number of esters is 1. The molecule has 0 saturated carbocycles. The molecule has 0 spiro atoms. The molecule has 0 aliphatic rings. The van der Waals surface area contributed by atoms with Crippen molar-refractivity contribution in [3.63, 3.8) is 0 Å². The van der Waals surface area contributed by atoms with Crippen molar-refractivity contribution in [3.8, 4) is 11.5 Å². The van der Waals surface area contributed by atoms with Crippen molar-refractivity contribution in [2.24, 2.45) is 0 Å². The third kappa shape index (κ3) is 4.18. The number of carbonyl (C=O) groups excluding carboxylic acids is 2. The second kappa shape index (κ2) is 7.96. The molecule has 0 aromatic heterocycles. The van der Waals surface area contributed by atoms with E-state index in [9.17, 15) is 19.7 Å². The van der Waals surface area contributed by atoms with Crippen LogP contribution in [-0.2, 0) is 9.53 Å². The second-order valence-electron chi connectivity index (χ2n) is 4.21. The van der Waals surface area contributed by atoms with Crippen molar-refractivity contribution in [2.75, 3.05) is 20.8 Å². The predicted molar refractivity (Wildman–Crippen MR) is 76.4 cm³/mol.